The average Bonchev–Trinajstić information content (AvgIpc) is 3.11. The second-order valence-corrected chi connectivity index (χ2v) is 9.11. The van der Waals surface area contributed by atoms with Crippen molar-refractivity contribution in [2.24, 2.45) is 5.73 Å². The molecule has 11 heteroatoms. The fourth-order valence-electron chi connectivity index (χ4n) is 4.30. The minimum absolute atomic E-state index is 0.0442. The second kappa shape index (κ2) is 7.68. The molecule has 6 rings (SSSR count). The van der Waals surface area contributed by atoms with E-state index in [0.29, 0.717) is 35.8 Å². The molecule has 3 aromatic rings. The third kappa shape index (κ3) is 4.01. The van der Waals surface area contributed by atoms with Crippen LogP contribution >= 0.6 is 0 Å². The zero-order valence-electron chi connectivity index (χ0n) is 18.6. The molecule has 1 amide bonds. The molecule has 0 saturated carbocycles. The zero-order chi connectivity index (χ0) is 23.5. The highest BCUT2D eigenvalue weighted by atomic mass is 19.3. The summed E-state index contributed by atoms with van der Waals surface area (Å²) >= 11 is 0. The van der Waals surface area contributed by atoms with Crippen LogP contribution in [0.4, 0.5) is 14.6 Å². The summed E-state index contributed by atoms with van der Waals surface area (Å²) in [7, 11) is 0. The Balaban J connectivity index is 1.69. The van der Waals surface area contributed by atoms with Gasteiger partial charge in [0.15, 0.2) is 11.6 Å². The average molecular weight is 457 g/mol. The van der Waals surface area contributed by atoms with Crippen molar-refractivity contribution in [3.63, 3.8) is 0 Å². The molecule has 0 radical (unpaired) electrons. The van der Waals surface area contributed by atoms with Crippen LogP contribution in [0.3, 0.4) is 0 Å². The summed E-state index contributed by atoms with van der Waals surface area (Å²) < 4.78 is 35.7. The van der Waals surface area contributed by atoms with Crippen LogP contribution in [-0.2, 0) is 21.9 Å². The van der Waals surface area contributed by atoms with E-state index in [2.05, 4.69) is 19.9 Å². The van der Waals surface area contributed by atoms with Gasteiger partial charge in [0.25, 0.3) is 0 Å². The summed E-state index contributed by atoms with van der Waals surface area (Å²) in [5.41, 5.74) is 6.91. The lowest BCUT2D eigenvalue weighted by Crippen LogP contribution is -2.57. The molecular weight excluding hydrogens is 432 g/mol. The molecule has 2 N–H and O–H groups in total. The molecule has 3 saturated heterocycles. The van der Waals surface area contributed by atoms with E-state index in [0.717, 1.165) is 18.7 Å². The fourth-order valence-corrected chi connectivity index (χ4v) is 4.30. The molecule has 2 unspecified atom stereocenters. The van der Waals surface area contributed by atoms with Gasteiger partial charge < -0.3 is 15.4 Å². The van der Waals surface area contributed by atoms with Gasteiger partial charge in [-0.25, -0.2) is 14.6 Å². The third-order valence-electron chi connectivity index (χ3n) is 5.95. The number of rotatable bonds is 6. The summed E-state index contributed by atoms with van der Waals surface area (Å²) in [6.45, 7) is 5.91. The minimum atomic E-state index is -3.21. The zero-order valence-corrected chi connectivity index (χ0v) is 18.6. The summed E-state index contributed by atoms with van der Waals surface area (Å²) in [6, 6.07) is 3.37. The van der Waals surface area contributed by atoms with E-state index < -0.39 is 17.7 Å². The summed E-state index contributed by atoms with van der Waals surface area (Å²) in [5, 5.41) is 5.51. The van der Waals surface area contributed by atoms with Gasteiger partial charge >= 0.3 is 5.92 Å². The van der Waals surface area contributed by atoms with Gasteiger partial charge in [0.2, 0.25) is 11.7 Å². The van der Waals surface area contributed by atoms with Crippen LogP contribution in [0, 0.1) is 0 Å². The Labute approximate surface area is 189 Å². The number of hydrogen-bond donors (Lipinski definition) is 1. The van der Waals surface area contributed by atoms with Crippen LogP contribution < -0.4 is 10.6 Å². The SMILES string of the molecule is CC(C)c1cc(-n2nc(N3CC4CC(C3)O4)c3cnc(CC(N)=O)cc32)nc(C(C)(F)F)n1. The number of aromatic nitrogens is 5. The number of halogens is 2. The van der Waals surface area contributed by atoms with Gasteiger partial charge in [-0.3, -0.25) is 9.78 Å². The highest BCUT2D eigenvalue weighted by Crippen LogP contribution is 2.35. The summed E-state index contributed by atoms with van der Waals surface area (Å²) in [4.78, 5) is 26.2. The van der Waals surface area contributed by atoms with Crippen LogP contribution in [0.15, 0.2) is 18.3 Å². The van der Waals surface area contributed by atoms with Gasteiger partial charge in [0, 0.05) is 44.4 Å². The number of carbonyl (C=O) groups excluding carboxylic acids is 1. The number of piperidine rings is 1. The van der Waals surface area contributed by atoms with Crippen LogP contribution in [0.25, 0.3) is 16.7 Å². The minimum Gasteiger partial charge on any atom is -0.371 e. The molecule has 0 aromatic carbocycles. The van der Waals surface area contributed by atoms with Crippen molar-refractivity contribution in [1.29, 1.82) is 0 Å². The highest BCUT2D eigenvalue weighted by molar-refractivity contribution is 5.92. The van der Waals surface area contributed by atoms with Crippen LogP contribution in [-0.4, -0.2) is 55.9 Å². The van der Waals surface area contributed by atoms with Crippen molar-refractivity contribution in [3.8, 4) is 5.82 Å². The second-order valence-electron chi connectivity index (χ2n) is 9.11. The van der Waals surface area contributed by atoms with E-state index in [1.807, 2.05) is 13.8 Å². The molecule has 0 spiro atoms. The van der Waals surface area contributed by atoms with E-state index in [9.17, 15) is 13.6 Å². The molecule has 3 fully saturated rings. The number of nitrogens with two attached hydrogens (primary N) is 1. The first kappa shape index (κ1) is 21.6. The Hall–Kier alpha value is -3.21. The van der Waals surface area contributed by atoms with Gasteiger partial charge in [-0.1, -0.05) is 13.8 Å². The molecule has 174 valence electrons. The molecule has 2 atom stereocenters. The lowest BCUT2D eigenvalue weighted by molar-refractivity contribution is -0.133. The maximum Gasteiger partial charge on any atom is 0.303 e. The molecule has 33 heavy (non-hydrogen) atoms. The predicted molar refractivity (Wildman–Crippen MR) is 117 cm³/mol. The van der Waals surface area contributed by atoms with Crippen LogP contribution in [0.2, 0.25) is 0 Å². The Bertz CT molecular complexity index is 1220. The van der Waals surface area contributed by atoms with Crippen LogP contribution in [0.5, 0.6) is 0 Å². The number of primary amides is 1. The topological polar surface area (TPSA) is 112 Å². The molecule has 0 aliphatic carbocycles. The van der Waals surface area contributed by atoms with Gasteiger partial charge in [-0.15, -0.1) is 5.10 Å². The number of pyridine rings is 1. The van der Waals surface area contributed by atoms with E-state index in [4.69, 9.17) is 15.6 Å². The maximum absolute atomic E-state index is 14.2. The molecule has 3 aromatic heterocycles. The highest BCUT2D eigenvalue weighted by Gasteiger charge is 2.40. The van der Waals surface area contributed by atoms with Gasteiger partial charge in [-0.2, -0.15) is 8.78 Å². The molecule has 9 nitrogen and oxygen atoms in total. The third-order valence-corrected chi connectivity index (χ3v) is 5.95. The number of amides is 1. The largest absolute Gasteiger partial charge is 0.371 e. The number of ether oxygens (including phenoxy) is 1. The number of anilines is 1. The molecule has 3 aliphatic heterocycles. The lowest BCUT2D eigenvalue weighted by Gasteiger charge is -2.47. The molecular formula is C22H25F2N7O2. The van der Waals surface area contributed by atoms with E-state index >= 15 is 0 Å². The molecule has 3 aliphatic rings. The van der Waals surface area contributed by atoms with Crippen molar-refractivity contribution in [2.75, 3.05) is 18.0 Å². The predicted octanol–water partition coefficient (Wildman–Crippen LogP) is 2.45. The lowest BCUT2D eigenvalue weighted by atomic mass is 9.99. The standard InChI is InChI=1S/C22H25F2N7O2/c1-11(2)16-7-19(28-21(27-16)22(3,23)24)31-17-4-12(5-18(25)32)26-8-15(17)20(29-31)30-9-13-6-14(10-30)33-13/h4,7-8,11,13-14H,5-6,9-10H2,1-3H3,(H2,25,32). The number of hydrogen-bond acceptors (Lipinski definition) is 7. The molecule has 6 heterocycles. The first-order chi connectivity index (χ1) is 15.6. The van der Waals surface area contributed by atoms with Crippen molar-refractivity contribution >= 4 is 22.6 Å². The quantitative estimate of drug-likeness (QED) is 0.605. The Morgan fingerprint density at radius 3 is 2.58 bits per heavy atom. The van der Waals surface area contributed by atoms with Gasteiger partial charge in [-0.05, 0) is 12.0 Å². The van der Waals surface area contributed by atoms with Crippen molar-refractivity contribution < 1.29 is 18.3 Å². The first-order valence-corrected chi connectivity index (χ1v) is 10.9. The number of morpholine rings is 1. The number of carbonyl (C=O) groups is 1. The van der Waals surface area contributed by atoms with E-state index in [1.165, 1.54) is 4.68 Å². The number of nitrogens with zero attached hydrogens (tertiary/aromatic N) is 6. The molecule has 2 bridgehead atoms. The summed E-state index contributed by atoms with van der Waals surface area (Å²) in [6.07, 6.45) is 2.94. The first-order valence-electron chi connectivity index (χ1n) is 10.9. The Kier molecular flexibility index (Phi) is 5.04. The van der Waals surface area contributed by atoms with Crippen molar-refractivity contribution in [2.45, 2.75) is 57.7 Å². The maximum atomic E-state index is 14.2. The Morgan fingerprint density at radius 2 is 1.97 bits per heavy atom. The number of fused-ring (bicyclic) bond motifs is 3. The van der Waals surface area contributed by atoms with Crippen molar-refractivity contribution in [1.82, 2.24) is 24.7 Å². The number of alkyl halides is 2. The van der Waals surface area contributed by atoms with Gasteiger partial charge in [0.05, 0.1) is 35.2 Å². The van der Waals surface area contributed by atoms with E-state index in [-0.39, 0.29) is 30.4 Å². The monoisotopic (exact) mass is 457 g/mol. The van der Waals surface area contributed by atoms with Crippen LogP contribution in [0.1, 0.15) is 50.3 Å². The van der Waals surface area contributed by atoms with Gasteiger partial charge in [0.1, 0.15) is 0 Å². The Morgan fingerprint density at radius 1 is 1.27 bits per heavy atom. The normalized spacial score (nSPS) is 20.4. The van der Waals surface area contributed by atoms with Crippen molar-refractivity contribution in [3.05, 3.63) is 35.5 Å². The summed E-state index contributed by atoms with van der Waals surface area (Å²) in [5.74, 6) is -3.47. The van der Waals surface area contributed by atoms with E-state index in [1.54, 1.807) is 18.3 Å². The smallest absolute Gasteiger partial charge is 0.303 e. The fraction of sp³-hybridized carbons (Fsp3) is 0.500.